The van der Waals surface area contributed by atoms with Gasteiger partial charge in [0.1, 0.15) is 0 Å². The van der Waals surface area contributed by atoms with E-state index in [2.05, 4.69) is 5.32 Å². The Morgan fingerprint density at radius 3 is 2.17 bits per heavy atom. The highest BCUT2D eigenvalue weighted by Crippen LogP contribution is 2.21. The van der Waals surface area contributed by atoms with Crippen molar-refractivity contribution in [3.05, 3.63) is 65.2 Å². The van der Waals surface area contributed by atoms with Gasteiger partial charge in [-0.25, -0.2) is 8.42 Å². The summed E-state index contributed by atoms with van der Waals surface area (Å²) in [6.07, 6.45) is 1.17. The molecule has 0 aromatic heterocycles. The van der Waals surface area contributed by atoms with E-state index in [1.165, 1.54) is 10.6 Å². The van der Waals surface area contributed by atoms with Crippen LogP contribution in [0.5, 0.6) is 0 Å². The highest BCUT2D eigenvalue weighted by atomic mass is 32.2. The zero-order chi connectivity index (χ0) is 17.7. The number of anilines is 1. The Bertz CT molecular complexity index is 832. The molecule has 0 aliphatic rings. The molecule has 0 spiro atoms. The predicted molar refractivity (Wildman–Crippen MR) is 96.9 cm³/mol. The molecular weight excluding hydrogens is 324 g/mol. The van der Waals surface area contributed by atoms with Crippen molar-refractivity contribution >= 4 is 21.6 Å². The first-order valence-electron chi connectivity index (χ1n) is 7.68. The number of para-hydroxylation sites is 1. The number of aryl methyl sites for hydroxylation is 2. The molecule has 0 aliphatic carbocycles. The number of hydrogen-bond donors (Lipinski definition) is 1. The fraction of sp³-hybridized carbons (Fsp3) is 0.278. The lowest BCUT2D eigenvalue weighted by molar-refractivity contribution is 0.0954. The second-order valence-electron chi connectivity index (χ2n) is 5.69. The maximum Gasteiger partial charge on any atom is 0.251 e. The second-order valence-corrected chi connectivity index (χ2v) is 7.60. The number of amides is 1. The summed E-state index contributed by atoms with van der Waals surface area (Å²) in [4.78, 5) is 12.2. The van der Waals surface area contributed by atoms with Crippen LogP contribution < -0.4 is 9.62 Å². The molecule has 2 aromatic rings. The molecule has 0 bridgehead atoms. The summed E-state index contributed by atoms with van der Waals surface area (Å²) < 4.78 is 25.5. The monoisotopic (exact) mass is 346 g/mol. The highest BCUT2D eigenvalue weighted by Gasteiger charge is 2.19. The topological polar surface area (TPSA) is 66.5 Å². The van der Waals surface area contributed by atoms with Gasteiger partial charge in [-0.3, -0.25) is 9.10 Å². The number of nitrogens with one attached hydrogen (secondary N) is 1. The first-order valence-corrected chi connectivity index (χ1v) is 9.52. The van der Waals surface area contributed by atoms with E-state index < -0.39 is 10.0 Å². The molecule has 0 aliphatic heterocycles. The summed E-state index contributed by atoms with van der Waals surface area (Å²) in [5.74, 6) is -0.202. The lowest BCUT2D eigenvalue weighted by Crippen LogP contribution is -2.38. The lowest BCUT2D eigenvalue weighted by atomic mass is 10.1. The Kier molecular flexibility index (Phi) is 5.62. The van der Waals surface area contributed by atoms with Gasteiger partial charge in [-0.2, -0.15) is 0 Å². The molecule has 1 N–H and O–H groups in total. The summed E-state index contributed by atoms with van der Waals surface area (Å²) >= 11 is 0. The Hall–Kier alpha value is -2.34. The Balaban J connectivity index is 2.09. The van der Waals surface area contributed by atoms with Gasteiger partial charge < -0.3 is 5.32 Å². The minimum atomic E-state index is -3.43. The van der Waals surface area contributed by atoms with Crippen LogP contribution in [0, 0.1) is 13.8 Å². The van der Waals surface area contributed by atoms with Crippen molar-refractivity contribution in [3.8, 4) is 0 Å². The molecule has 6 heteroatoms. The molecule has 0 saturated heterocycles. The first-order chi connectivity index (χ1) is 11.3. The number of carbonyl (C=O) groups is 1. The van der Waals surface area contributed by atoms with Gasteiger partial charge in [0, 0.05) is 12.1 Å². The molecule has 24 heavy (non-hydrogen) atoms. The van der Waals surface area contributed by atoms with Crippen molar-refractivity contribution in [2.45, 2.75) is 13.8 Å². The van der Waals surface area contributed by atoms with Crippen LogP contribution >= 0.6 is 0 Å². The van der Waals surface area contributed by atoms with E-state index in [-0.39, 0.29) is 19.0 Å². The third kappa shape index (κ3) is 4.35. The minimum absolute atomic E-state index is 0.182. The van der Waals surface area contributed by atoms with Crippen LogP contribution in [-0.4, -0.2) is 33.7 Å². The maximum absolute atomic E-state index is 12.2. The van der Waals surface area contributed by atoms with Gasteiger partial charge in [0.15, 0.2) is 0 Å². The van der Waals surface area contributed by atoms with Crippen LogP contribution in [0.3, 0.4) is 0 Å². The molecule has 128 valence electrons. The molecule has 0 unspecified atom stereocenters. The Morgan fingerprint density at radius 1 is 1.00 bits per heavy atom. The van der Waals surface area contributed by atoms with Crippen molar-refractivity contribution in [1.82, 2.24) is 5.32 Å². The zero-order valence-electron chi connectivity index (χ0n) is 14.1. The molecule has 2 rings (SSSR count). The van der Waals surface area contributed by atoms with Crippen LogP contribution in [0.2, 0.25) is 0 Å². The fourth-order valence-electron chi connectivity index (χ4n) is 2.50. The predicted octanol–water partition coefficient (Wildman–Crippen LogP) is 2.50. The van der Waals surface area contributed by atoms with Gasteiger partial charge >= 0.3 is 0 Å². The van der Waals surface area contributed by atoms with Crippen LogP contribution in [0.4, 0.5) is 5.69 Å². The summed E-state index contributed by atoms with van der Waals surface area (Å²) in [6, 6.07) is 14.6. The minimum Gasteiger partial charge on any atom is -0.350 e. The number of carbonyl (C=O) groups excluding carboxylic acids is 1. The Labute approximate surface area is 143 Å². The van der Waals surface area contributed by atoms with Crippen LogP contribution in [0.1, 0.15) is 21.5 Å². The van der Waals surface area contributed by atoms with E-state index in [9.17, 15) is 13.2 Å². The number of rotatable bonds is 6. The molecule has 1 amide bonds. The summed E-state index contributed by atoms with van der Waals surface area (Å²) in [5.41, 5.74) is 2.98. The van der Waals surface area contributed by atoms with Gasteiger partial charge in [0.25, 0.3) is 5.91 Å². The first kappa shape index (κ1) is 18.0. The Morgan fingerprint density at radius 2 is 1.58 bits per heavy atom. The number of nitrogens with zero attached hydrogens (tertiary/aromatic N) is 1. The van der Waals surface area contributed by atoms with Crippen LogP contribution in [0.15, 0.2) is 48.5 Å². The molecule has 0 atom stereocenters. The highest BCUT2D eigenvalue weighted by molar-refractivity contribution is 7.92. The molecule has 0 fully saturated rings. The largest absolute Gasteiger partial charge is 0.350 e. The molecule has 0 heterocycles. The zero-order valence-corrected chi connectivity index (χ0v) is 14.9. The van der Waals surface area contributed by atoms with E-state index in [0.29, 0.717) is 11.3 Å². The molecule has 0 saturated carbocycles. The third-order valence-electron chi connectivity index (χ3n) is 3.77. The van der Waals surface area contributed by atoms with Crippen molar-refractivity contribution < 1.29 is 13.2 Å². The summed E-state index contributed by atoms with van der Waals surface area (Å²) in [6.45, 7) is 4.14. The van der Waals surface area contributed by atoms with Crippen LogP contribution in [0.25, 0.3) is 0 Å². The van der Waals surface area contributed by atoms with E-state index in [1.54, 1.807) is 24.3 Å². The van der Waals surface area contributed by atoms with Crippen molar-refractivity contribution in [2.24, 2.45) is 0 Å². The van der Waals surface area contributed by atoms with E-state index >= 15 is 0 Å². The van der Waals surface area contributed by atoms with Gasteiger partial charge in [0.05, 0.1) is 18.5 Å². The van der Waals surface area contributed by atoms with E-state index in [0.717, 1.165) is 11.1 Å². The standard InChI is InChI=1S/C18H22N2O3S/c1-14-8-4-6-10-16(14)18(21)19-12-13-20(24(3,22)23)17-11-7-5-9-15(17)2/h4-11H,12-13H2,1-3H3,(H,19,21). The van der Waals surface area contributed by atoms with Crippen molar-refractivity contribution in [3.63, 3.8) is 0 Å². The normalized spacial score (nSPS) is 11.1. The van der Waals surface area contributed by atoms with Crippen molar-refractivity contribution in [1.29, 1.82) is 0 Å². The number of hydrogen-bond acceptors (Lipinski definition) is 3. The molecule has 5 nitrogen and oxygen atoms in total. The quantitative estimate of drug-likeness (QED) is 0.874. The summed E-state index contributed by atoms with van der Waals surface area (Å²) in [7, 11) is -3.43. The van der Waals surface area contributed by atoms with Gasteiger partial charge in [-0.05, 0) is 37.1 Å². The average molecular weight is 346 g/mol. The summed E-state index contributed by atoms with van der Waals surface area (Å²) in [5, 5.41) is 2.79. The molecule has 2 aromatic carbocycles. The SMILES string of the molecule is Cc1ccccc1C(=O)NCCN(c1ccccc1C)S(C)(=O)=O. The number of benzene rings is 2. The molecular formula is C18H22N2O3S. The van der Waals surface area contributed by atoms with Crippen molar-refractivity contribution in [2.75, 3.05) is 23.7 Å². The molecule has 0 radical (unpaired) electrons. The van der Waals surface area contributed by atoms with E-state index in [1.807, 2.05) is 38.1 Å². The van der Waals surface area contributed by atoms with Crippen LogP contribution in [-0.2, 0) is 10.0 Å². The second kappa shape index (κ2) is 7.49. The lowest BCUT2D eigenvalue weighted by Gasteiger charge is -2.24. The van der Waals surface area contributed by atoms with Gasteiger partial charge in [-0.15, -0.1) is 0 Å². The van der Waals surface area contributed by atoms with Gasteiger partial charge in [-0.1, -0.05) is 36.4 Å². The maximum atomic E-state index is 12.2. The smallest absolute Gasteiger partial charge is 0.251 e. The number of sulfonamides is 1. The third-order valence-corrected chi connectivity index (χ3v) is 4.95. The fourth-order valence-corrected chi connectivity index (χ4v) is 3.49. The van der Waals surface area contributed by atoms with E-state index in [4.69, 9.17) is 0 Å². The average Bonchev–Trinajstić information content (AvgIpc) is 2.52. The van der Waals surface area contributed by atoms with Gasteiger partial charge in [0.2, 0.25) is 10.0 Å².